The first kappa shape index (κ1) is 15.5. The van der Waals surface area contributed by atoms with E-state index in [0.717, 1.165) is 19.3 Å². The fourth-order valence-electron chi connectivity index (χ4n) is 2.54. The van der Waals surface area contributed by atoms with Crippen LogP contribution in [0.15, 0.2) is 0 Å². The molecule has 0 aromatic rings. The number of ether oxygens (including phenoxy) is 1. The van der Waals surface area contributed by atoms with Crippen LogP contribution >= 0.6 is 0 Å². The number of carboxylic acid groups (broad SMARTS) is 1. The number of amides is 1. The number of carbonyl (C=O) groups is 3. The number of rotatable bonds is 5. The van der Waals surface area contributed by atoms with E-state index in [2.05, 4.69) is 10.1 Å². The van der Waals surface area contributed by atoms with Gasteiger partial charge in [0.25, 0.3) is 0 Å². The van der Waals surface area contributed by atoms with E-state index < -0.39 is 18.0 Å². The predicted molar refractivity (Wildman–Crippen MR) is 67.3 cm³/mol. The molecule has 1 aliphatic carbocycles. The molecule has 2 atom stereocenters. The maximum absolute atomic E-state index is 12.1. The number of methoxy groups -OCH3 is 1. The molecule has 19 heavy (non-hydrogen) atoms. The van der Waals surface area contributed by atoms with Gasteiger partial charge in [0.05, 0.1) is 13.5 Å². The first-order chi connectivity index (χ1) is 8.77. The van der Waals surface area contributed by atoms with Crippen molar-refractivity contribution < 1.29 is 24.2 Å². The van der Waals surface area contributed by atoms with Gasteiger partial charge >= 0.3 is 11.9 Å². The standard InChI is InChI=1S/C13H21NO5/c1-13(2)6-4-5-8(13)11(16)14-9(12(17)18)7-10(15)19-3/h8-9H,4-7H2,1-3H3,(H,14,16)(H,17,18)/t8?,9-/m0/s1. The Morgan fingerprint density at radius 1 is 1.42 bits per heavy atom. The van der Waals surface area contributed by atoms with Crippen LogP contribution in [-0.4, -0.2) is 36.1 Å². The lowest BCUT2D eigenvalue weighted by Crippen LogP contribution is -2.46. The van der Waals surface area contributed by atoms with E-state index in [4.69, 9.17) is 5.11 Å². The van der Waals surface area contributed by atoms with Gasteiger partial charge in [-0.2, -0.15) is 0 Å². The Kier molecular flexibility index (Phi) is 4.91. The second-order valence-electron chi connectivity index (χ2n) is 5.61. The summed E-state index contributed by atoms with van der Waals surface area (Å²) in [6.45, 7) is 4.00. The highest BCUT2D eigenvalue weighted by atomic mass is 16.5. The van der Waals surface area contributed by atoms with E-state index in [9.17, 15) is 14.4 Å². The number of carboxylic acids is 1. The summed E-state index contributed by atoms with van der Waals surface area (Å²) in [5.41, 5.74) is -0.127. The molecule has 0 saturated heterocycles. The zero-order valence-electron chi connectivity index (χ0n) is 11.6. The molecule has 1 rings (SSSR count). The van der Waals surface area contributed by atoms with Crippen molar-refractivity contribution in [1.29, 1.82) is 0 Å². The molecule has 1 unspecified atom stereocenters. The molecular formula is C13H21NO5. The van der Waals surface area contributed by atoms with Gasteiger partial charge in [-0.05, 0) is 18.3 Å². The number of carbonyl (C=O) groups excluding carboxylic acids is 2. The second kappa shape index (κ2) is 6.04. The zero-order valence-corrected chi connectivity index (χ0v) is 11.6. The van der Waals surface area contributed by atoms with Crippen LogP contribution < -0.4 is 5.32 Å². The molecule has 0 aromatic heterocycles. The minimum Gasteiger partial charge on any atom is -0.480 e. The SMILES string of the molecule is COC(=O)C[C@H](NC(=O)C1CCCC1(C)C)C(=O)O. The van der Waals surface area contributed by atoms with E-state index in [1.807, 2.05) is 13.8 Å². The molecule has 0 radical (unpaired) electrons. The van der Waals surface area contributed by atoms with Gasteiger partial charge < -0.3 is 15.2 Å². The van der Waals surface area contributed by atoms with Crippen LogP contribution in [0.25, 0.3) is 0 Å². The van der Waals surface area contributed by atoms with Gasteiger partial charge in [-0.1, -0.05) is 20.3 Å². The molecular weight excluding hydrogens is 250 g/mol. The van der Waals surface area contributed by atoms with Crippen molar-refractivity contribution in [3.05, 3.63) is 0 Å². The average Bonchev–Trinajstić information content (AvgIpc) is 2.67. The quantitative estimate of drug-likeness (QED) is 0.726. The highest BCUT2D eigenvalue weighted by molar-refractivity contribution is 5.88. The van der Waals surface area contributed by atoms with Gasteiger partial charge in [0.15, 0.2) is 0 Å². The first-order valence-electron chi connectivity index (χ1n) is 6.38. The third kappa shape index (κ3) is 3.94. The van der Waals surface area contributed by atoms with Crippen LogP contribution in [0.2, 0.25) is 0 Å². The van der Waals surface area contributed by atoms with E-state index in [1.165, 1.54) is 7.11 Å². The van der Waals surface area contributed by atoms with E-state index in [-0.39, 0.29) is 23.7 Å². The lowest BCUT2D eigenvalue weighted by atomic mass is 9.81. The number of esters is 1. The minimum atomic E-state index is -1.23. The van der Waals surface area contributed by atoms with E-state index in [1.54, 1.807) is 0 Å². The van der Waals surface area contributed by atoms with Crippen LogP contribution in [0.5, 0.6) is 0 Å². The largest absolute Gasteiger partial charge is 0.480 e. The van der Waals surface area contributed by atoms with Crippen molar-refractivity contribution >= 4 is 17.8 Å². The summed E-state index contributed by atoms with van der Waals surface area (Å²) in [5, 5.41) is 11.5. The van der Waals surface area contributed by atoms with Gasteiger partial charge in [0.1, 0.15) is 6.04 Å². The summed E-state index contributed by atoms with van der Waals surface area (Å²) in [7, 11) is 1.18. The van der Waals surface area contributed by atoms with E-state index >= 15 is 0 Å². The maximum atomic E-state index is 12.1. The summed E-state index contributed by atoms with van der Waals surface area (Å²) in [6.07, 6.45) is 2.30. The third-order valence-corrected chi connectivity index (χ3v) is 3.79. The van der Waals surface area contributed by atoms with Gasteiger partial charge in [-0.25, -0.2) is 4.79 Å². The Labute approximate surface area is 112 Å². The Hall–Kier alpha value is -1.59. The summed E-state index contributed by atoms with van der Waals surface area (Å²) < 4.78 is 4.43. The molecule has 2 N–H and O–H groups in total. The number of hydrogen-bond acceptors (Lipinski definition) is 4. The normalized spacial score (nSPS) is 22.6. The molecule has 6 nitrogen and oxygen atoms in total. The summed E-state index contributed by atoms with van der Waals surface area (Å²) in [6, 6.07) is -1.23. The molecule has 0 spiro atoms. The van der Waals surface area contributed by atoms with Crippen LogP contribution in [0.3, 0.4) is 0 Å². The highest BCUT2D eigenvalue weighted by Crippen LogP contribution is 2.42. The Bertz CT molecular complexity index is 377. The van der Waals surface area contributed by atoms with Crippen LogP contribution in [-0.2, 0) is 19.1 Å². The maximum Gasteiger partial charge on any atom is 0.326 e. The van der Waals surface area contributed by atoms with Crippen molar-refractivity contribution in [3.8, 4) is 0 Å². The van der Waals surface area contributed by atoms with Gasteiger partial charge in [-0.15, -0.1) is 0 Å². The molecule has 0 heterocycles. The highest BCUT2D eigenvalue weighted by Gasteiger charge is 2.40. The smallest absolute Gasteiger partial charge is 0.326 e. The topological polar surface area (TPSA) is 92.7 Å². The average molecular weight is 271 g/mol. The summed E-state index contributed by atoms with van der Waals surface area (Å²) >= 11 is 0. The molecule has 6 heteroatoms. The van der Waals surface area contributed by atoms with Gasteiger partial charge in [0, 0.05) is 5.92 Å². The number of aliphatic carboxylic acids is 1. The Morgan fingerprint density at radius 2 is 2.05 bits per heavy atom. The Morgan fingerprint density at radius 3 is 2.47 bits per heavy atom. The van der Waals surface area contributed by atoms with Crippen LogP contribution in [0.4, 0.5) is 0 Å². The molecule has 1 amide bonds. The van der Waals surface area contributed by atoms with Crippen LogP contribution in [0.1, 0.15) is 39.5 Å². The minimum absolute atomic E-state index is 0.127. The molecule has 0 bridgehead atoms. The first-order valence-corrected chi connectivity index (χ1v) is 6.38. The van der Waals surface area contributed by atoms with Crippen molar-refractivity contribution in [2.24, 2.45) is 11.3 Å². The summed E-state index contributed by atoms with van der Waals surface area (Å²) in [5.74, 6) is -2.38. The Balaban J connectivity index is 2.66. The number of hydrogen-bond donors (Lipinski definition) is 2. The predicted octanol–water partition coefficient (Wildman–Crippen LogP) is 0.945. The zero-order chi connectivity index (χ0) is 14.6. The van der Waals surface area contributed by atoms with Gasteiger partial charge in [0.2, 0.25) is 5.91 Å². The second-order valence-corrected chi connectivity index (χ2v) is 5.61. The van der Waals surface area contributed by atoms with Gasteiger partial charge in [-0.3, -0.25) is 9.59 Å². The lowest BCUT2D eigenvalue weighted by molar-refractivity contribution is -0.149. The van der Waals surface area contributed by atoms with Crippen molar-refractivity contribution in [2.45, 2.75) is 45.6 Å². The van der Waals surface area contributed by atoms with Crippen LogP contribution in [0, 0.1) is 11.3 Å². The molecule has 1 aliphatic rings. The fraction of sp³-hybridized carbons (Fsp3) is 0.769. The molecule has 0 aromatic carbocycles. The van der Waals surface area contributed by atoms with Crippen molar-refractivity contribution in [1.82, 2.24) is 5.32 Å². The molecule has 1 fully saturated rings. The lowest BCUT2D eigenvalue weighted by Gasteiger charge is -2.27. The summed E-state index contributed by atoms with van der Waals surface area (Å²) in [4.78, 5) is 34.3. The third-order valence-electron chi connectivity index (χ3n) is 3.79. The molecule has 0 aliphatic heterocycles. The van der Waals surface area contributed by atoms with Crippen molar-refractivity contribution in [3.63, 3.8) is 0 Å². The van der Waals surface area contributed by atoms with E-state index in [0.29, 0.717) is 0 Å². The molecule has 1 saturated carbocycles. The fourth-order valence-corrected chi connectivity index (χ4v) is 2.54. The number of nitrogens with one attached hydrogen (secondary N) is 1. The monoisotopic (exact) mass is 271 g/mol. The molecule has 108 valence electrons. The van der Waals surface area contributed by atoms with Crippen molar-refractivity contribution in [2.75, 3.05) is 7.11 Å².